The van der Waals surface area contributed by atoms with Crippen molar-refractivity contribution in [2.45, 2.75) is 24.9 Å². The van der Waals surface area contributed by atoms with E-state index in [9.17, 15) is 26.2 Å². The van der Waals surface area contributed by atoms with Gasteiger partial charge in [-0.1, -0.05) is 18.2 Å². The van der Waals surface area contributed by atoms with Crippen LogP contribution in [0.2, 0.25) is 0 Å². The van der Waals surface area contributed by atoms with Crippen molar-refractivity contribution in [2.24, 2.45) is 0 Å². The molecular weight excluding hydrogens is 537 g/mol. The van der Waals surface area contributed by atoms with Crippen LogP contribution in [-0.4, -0.2) is 25.0 Å². The van der Waals surface area contributed by atoms with Crippen LogP contribution >= 0.6 is 0 Å². The van der Waals surface area contributed by atoms with E-state index in [4.69, 9.17) is 4.42 Å². The Morgan fingerprint density at radius 2 is 1.59 bits per heavy atom. The average Bonchev–Trinajstić information content (AvgIpc) is 3.48. The molecule has 1 unspecified atom stereocenters. The first-order valence-corrected chi connectivity index (χ1v) is 13.1. The van der Waals surface area contributed by atoms with Gasteiger partial charge >= 0.3 is 6.18 Å². The van der Waals surface area contributed by atoms with Gasteiger partial charge in [-0.25, -0.2) is 18.7 Å². The molecule has 5 nitrogen and oxygen atoms in total. The number of oxazole rings is 1. The topological polar surface area (TPSA) is 60.9 Å². The number of nitrogens with zero attached hydrogens (tertiary/aromatic N) is 3. The molecule has 200 valence electrons. The van der Waals surface area contributed by atoms with Gasteiger partial charge in [0.15, 0.2) is 29.0 Å². The van der Waals surface area contributed by atoms with Crippen LogP contribution in [0.5, 0.6) is 0 Å². The molecule has 5 rings (SSSR count). The van der Waals surface area contributed by atoms with E-state index in [1.54, 1.807) is 49.6 Å². The van der Waals surface area contributed by atoms with Crippen molar-refractivity contribution in [1.82, 2.24) is 14.5 Å². The van der Waals surface area contributed by atoms with E-state index < -0.39 is 34.3 Å². The van der Waals surface area contributed by atoms with Gasteiger partial charge in [0, 0.05) is 46.2 Å². The van der Waals surface area contributed by atoms with Crippen LogP contribution in [0.1, 0.15) is 17.4 Å². The molecule has 0 bridgehead atoms. The van der Waals surface area contributed by atoms with Crippen molar-refractivity contribution in [2.75, 3.05) is 6.26 Å². The lowest BCUT2D eigenvalue weighted by molar-refractivity contribution is -0.141. The summed E-state index contributed by atoms with van der Waals surface area (Å²) in [6.07, 6.45) is -2.22. The normalized spacial score (nSPS) is 12.6. The van der Waals surface area contributed by atoms with Crippen LogP contribution in [0.4, 0.5) is 22.0 Å². The maximum Gasteiger partial charge on any atom is 0.434 e. The van der Waals surface area contributed by atoms with Crippen molar-refractivity contribution in [3.8, 4) is 39.4 Å². The fraction of sp³-hybridized carbons (Fsp3) is 0.143. The number of rotatable bonds is 5. The molecule has 3 aromatic carbocycles. The van der Waals surface area contributed by atoms with Crippen molar-refractivity contribution in [1.29, 1.82) is 0 Å². The third-order valence-electron chi connectivity index (χ3n) is 6.10. The summed E-state index contributed by atoms with van der Waals surface area (Å²) in [6, 6.07) is 15.3. The largest absolute Gasteiger partial charge is 0.440 e. The van der Waals surface area contributed by atoms with Gasteiger partial charge in [-0.15, -0.1) is 0 Å². The molecular formula is C28H20F5N3O2S. The zero-order valence-corrected chi connectivity index (χ0v) is 21.6. The molecule has 0 aliphatic rings. The molecule has 0 aliphatic carbocycles. The van der Waals surface area contributed by atoms with E-state index in [1.807, 2.05) is 6.07 Å². The highest BCUT2D eigenvalue weighted by Crippen LogP contribution is 2.40. The van der Waals surface area contributed by atoms with Gasteiger partial charge in [0.2, 0.25) is 0 Å². The number of benzene rings is 3. The van der Waals surface area contributed by atoms with E-state index in [0.717, 1.165) is 18.3 Å². The molecule has 5 aromatic rings. The summed E-state index contributed by atoms with van der Waals surface area (Å²) in [6.45, 7) is 3.01. The van der Waals surface area contributed by atoms with Crippen LogP contribution in [0.15, 0.2) is 76.2 Å². The molecule has 0 saturated carbocycles. The van der Waals surface area contributed by atoms with Crippen LogP contribution < -0.4 is 0 Å². The summed E-state index contributed by atoms with van der Waals surface area (Å²) in [5, 5.41) is 0. The Bertz CT molecular complexity index is 1740. The molecule has 0 amide bonds. The van der Waals surface area contributed by atoms with E-state index in [-0.39, 0.29) is 28.7 Å². The summed E-state index contributed by atoms with van der Waals surface area (Å²) >= 11 is 0. The summed E-state index contributed by atoms with van der Waals surface area (Å²) in [4.78, 5) is 8.75. The Labute approximate surface area is 222 Å². The summed E-state index contributed by atoms with van der Waals surface area (Å²) < 4.78 is 87.3. The molecule has 11 heteroatoms. The van der Waals surface area contributed by atoms with Crippen molar-refractivity contribution in [3.05, 3.63) is 95.9 Å². The van der Waals surface area contributed by atoms with Crippen LogP contribution in [0.25, 0.3) is 39.4 Å². The molecule has 0 radical (unpaired) electrons. The SMILES string of the molecule is Cc1nc(-c2cc(-c3cccc(S(C)=O)c3)ccc2-n2cc(C(F)(F)F)nc2C)c(-c2ccc(F)c(F)c2)o1. The van der Waals surface area contributed by atoms with Crippen LogP contribution in [-0.2, 0) is 17.0 Å². The Kier molecular flexibility index (Phi) is 6.71. The van der Waals surface area contributed by atoms with Crippen molar-refractivity contribution in [3.63, 3.8) is 0 Å². The van der Waals surface area contributed by atoms with E-state index >= 15 is 0 Å². The van der Waals surface area contributed by atoms with Crippen LogP contribution in [0.3, 0.4) is 0 Å². The second kappa shape index (κ2) is 9.88. The Morgan fingerprint density at radius 1 is 0.872 bits per heavy atom. The highest BCUT2D eigenvalue weighted by Gasteiger charge is 2.35. The average molecular weight is 558 g/mol. The monoisotopic (exact) mass is 557 g/mol. The molecule has 0 spiro atoms. The minimum atomic E-state index is -4.66. The van der Waals surface area contributed by atoms with Gasteiger partial charge in [-0.05, 0) is 60.5 Å². The lowest BCUT2D eigenvalue weighted by Crippen LogP contribution is -2.05. The van der Waals surface area contributed by atoms with Gasteiger partial charge in [0.05, 0.1) is 5.69 Å². The predicted octanol–water partition coefficient (Wildman–Crippen LogP) is 7.51. The van der Waals surface area contributed by atoms with Gasteiger partial charge in [-0.3, -0.25) is 4.21 Å². The van der Waals surface area contributed by atoms with E-state index in [1.165, 1.54) is 17.6 Å². The molecule has 2 aromatic heterocycles. The first-order valence-electron chi connectivity index (χ1n) is 11.6. The Hall–Kier alpha value is -4.12. The molecule has 39 heavy (non-hydrogen) atoms. The summed E-state index contributed by atoms with van der Waals surface area (Å²) in [5.74, 6) is -1.73. The quantitative estimate of drug-likeness (QED) is 0.210. The standard InChI is InChI=1S/C28H20F5N3O2S/c1-15-34-25(28(31,32)33)14-36(15)24-10-8-18(17-5-4-6-20(11-17)39(3)37)12-21(24)26-27(38-16(2)35-26)19-7-9-22(29)23(30)13-19/h4-14H,1-3H3. The minimum Gasteiger partial charge on any atom is -0.440 e. The number of aryl methyl sites for hydroxylation is 2. The van der Waals surface area contributed by atoms with Gasteiger partial charge < -0.3 is 8.98 Å². The summed E-state index contributed by atoms with van der Waals surface area (Å²) in [5.41, 5.74) is 1.39. The second-order valence-electron chi connectivity index (χ2n) is 8.79. The zero-order valence-electron chi connectivity index (χ0n) is 20.8. The number of alkyl halides is 3. The Morgan fingerprint density at radius 3 is 2.26 bits per heavy atom. The zero-order chi connectivity index (χ0) is 28.1. The fourth-order valence-corrected chi connectivity index (χ4v) is 4.83. The molecule has 0 N–H and O–H groups in total. The van der Waals surface area contributed by atoms with Crippen LogP contribution in [0, 0.1) is 25.5 Å². The number of imidazole rings is 1. The molecule has 2 heterocycles. The Balaban J connectivity index is 1.78. The number of halogens is 5. The van der Waals surface area contributed by atoms with Gasteiger partial charge in [0.25, 0.3) is 0 Å². The van der Waals surface area contributed by atoms with Crippen molar-refractivity contribution < 1.29 is 30.6 Å². The lowest BCUT2D eigenvalue weighted by Gasteiger charge is -2.14. The second-order valence-corrected chi connectivity index (χ2v) is 10.2. The minimum absolute atomic E-state index is 0.0781. The van der Waals surface area contributed by atoms with Gasteiger partial charge in [-0.2, -0.15) is 13.2 Å². The molecule has 0 fully saturated rings. The first-order chi connectivity index (χ1) is 18.4. The molecule has 0 aliphatic heterocycles. The van der Waals surface area contributed by atoms with E-state index in [0.29, 0.717) is 27.3 Å². The maximum absolute atomic E-state index is 14.1. The first kappa shape index (κ1) is 26.5. The predicted molar refractivity (Wildman–Crippen MR) is 137 cm³/mol. The number of hydrogen-bond donors (Lipinski definition) is 0. The molecule has 0 saturated heterocycles. The summed E-state index contributed by atoms with van der Waals surface area (Å²) in [7, 11) is -1.24. The highest BCUT2D eigenvalue weighted by molar-refractivity contribution is 7.84. The van der Waals surface area contributed by atoms with Crippen molar-refractivity contribution >= 4 is 10.8 Å². The highest BCUT2D eigenvalue weighted by atomic mass is 32.2. The number of hydrogen-bond acceptors (Lipinski definition) is 4. The van der Waals surface area contributed by atoms with Gasteiger partial charge in [0.1, 0.15) is 11.5 Å². The molecule has 1 atom stereocenters. The lowest BCUT2D eigenvalue weighted by atomic mass is 9.98. The smallest absolute Gasteiger partial charge is 0.434 e. The third-order valence-corrected chi connectivity index (χ3v) is 7.02. The number of aromatic nitrogens is 3. The van der Waals surface area contributed by atoms with E-state index in [2.05, 4.69) is 9.97 Å². The fourth-order valence-electron chi connectivity index (χ4n) is 4.27. The third kappa shape index (κ3) is 5.14. The maximum atomic E-state index is 14.1.